The van der Waals surface area contributed by atoms with Crippen LogP contribution in [0.15, 0.2) is 42.7 Å². The number of benzene rings is 2. The van der Waals surface area contributed by atoms with Gasteiger partial charge < -0.3 is 20.1 Å². The highest BCUT2D eigenvalue weighted by molar-refractivity contribution is 5.93. The van der Waals surface area contributed by atoms with Crippen molar-refractivity contribution in [3.05, 3.63) is 48.3 Å². The molecule has 1 fully saturated rings. The molecule has 148 valence electrons. The van der Waals surface area contributed by atoms with E-state index in [9.17, 15) is 0 Å². The minimum Gasteiger partial charge on any atom is -0.490 e. The van der Waals surface area contributed by atoms with Crippen molar-refractivity contribution < 1.29 is 9.47 Å². The van der Waals surface area contributed by atoms with E-state index in [1.54, 1.807) is 6.33 Å². The summed E-state index contributed by atoms with van der Waals surface area (Å²) in [5.74, 6) is 4.78. The maximum atomic E-state index is 6.31. The number of hydrogen-bond acceptors (Lipinski definition) is 6. The lowest BCUT2D eigenvalue weighted by molar-refractivity contribution is 0.155. The highest BCUT2D eigenvalue weighted by Gasteiger charge is 2.19. The van der Waals surface area contributed by atoms with Gasteiger partial charge in [-0.3, -0.25) is 0 Å². The van der Waals surface area contributed by atoms with Gasteiger partial charge in [0.15, 0.2) is 11.5 Å². The van der Waals surface area contributed by atoms with Crippen molar-refractivity contribution in [3.63, 3.8) is 0 Å². The van der Waals surface area contributed by atoms with Crippen molar-refractivity contribution in [1.29, 1.82) is 0 Å². The van der Waals surface area contributed by atoms with Crippen LogP contribution in [0.25, 0.3) is 10.9 Å². The van der Waals surface area contributed by atoms with Crippen LogP contribution in [0.1, 0.15) is 25.3 Å². The largest absolute Gasteiger partial charge is 0.490 e. The number of anilines is 2. The number of rotatable bonds is 6. The van der Waals surface area contributed by atoms with E-state index in [1.807, 2.05) is 43.3 Å². The minimum atomic E-state index is 0.168. The van der Waals surface area contributed by atoms with Gasteiger partial charge >= 0.3 is 0 Å². The third-order valence-corrected chi connectivity index (χ3v) is 4.87. The van der Waals surface area contributed by atoms with Gasteiger partial charge in [-0.05, 0) is 57.1 Å². The first kappa shape index (κ1) is 19.0. The number of piperidine rings is 1. The first-order valence-corrected chi connectivity index (χ1v) is 9.89. The maximum absolute atomic E-state index is 6.31. The zero-order valence-corrected chi connectivity index (χ0v) is 16.4. The fraction of sp³-hybridized carbons (Fsp3) is 0.304. The molecule has 0 atom stereocenters. The van der Waals surface area contributed by atoms with Crippen LogP contribution >= 0.6 is 0 Å². The Bertz CT molecular complexity index is 1040. The van der Waals surface area contributed by atoms with Crippen molar-refractivity contribution in [2.75, 3.05) is 25.0 Å². The Morgan fingerprint density at radius 1 is 1.17 bits per heavy atom. The maximum Gasteiger partial charge on any atom is 0.163 e. The van der Waals surface area contributed by atoms with E-state index in [4.69, 9.17) is 15.9 Å². The van der Waals surface area contributed by atoms with Gasteiger partial charge in [0.1, 0.15) is 18.2 Å². The third kappa shape index (κ3) is 4.41. The van der Waals surface area contributed by atoms with Crippen LogP contribution in [0, 0.1) is 12.3 Å². The Kier molecular flexibility index (Phi) is 5.78. The Labute approximate surface area is 170 Å². The number of terminal acetylenes is 1. The van der Waals surface area contributed by atoms with Crippen LogP contribution in [-0.2, 0) is 0 Å². The number of nitrogens with zero attached hydrogens (tertiary/aromatic N) is 2. The molecule has 1 aromatic heterocycles. The Balaban J connectivity index is 1.71. The van der Waals surface area contributed by atoms with Crippen LogP contribution in [-0.4, -0.2) is 35.8 Å². The van der Waals surface area contributed by atoms with Gasteiger partial charge in [0.2, 0.25) is 0 Å². The van der Waals surface area contributed by atoms with E-state index < -0.39 is 0 Å². The monoisotopic (exact) mass is 388 g/mol. The van der Waals surface area contributed by atoms with Gasteiger partial charge in [-0.2, -0.15) is 0 Å². The summed E-state index contributed by atoms with van der Waals surface area (Å²) >= 11 is 0. The van der Waals surface area contributed by atoms with E-state index in [2.05, 4.69) is 26.5 Å². The second kappa shape index (κ2) is 8.80. The highest BCUT2D eigenvalue weighted by Crippen LogP contribution is 2.36. The summed E-state index contributed by atoms with van der Waals surface area (Å²) < 4.78 is 12.1. The molecule has 29 heavy (non-hydrogen) atoms. The van der Waals surface area contributed by atoms with E-state index in [-0.39, 0.29) is 6.10 Å². The van der Waals surface area contributed by atoms with Gasteiger partial charge in [-0.1, -0.05) is 12.0 Å². The number of nitrogens with one attached hydrogen (secondary N) is 2. The first-order valence-electron chi connectivity index (χ1n) is 9.89. The van der Waals surface area contributed by atoms with Gasteiger partial charge in [0.25, 0.3) is 0 Å². The predicted molar refractivity (Wildman–Crippen MR) is 115 cm³/mol. The highest BCUT2D eigenvalue weighted by atomic mass is 16.5. The molecular weight excluding hydrogens is 364 g/mol. The van der Waals surface area contributed by atoms with E-state index >= 15 is 0 Å². The van der Waals surface area contributed by atoms with Crippen LogP contribution in [0.4, 0.5) is 11.5 Å². The molecule has 2 heterocycles. The fourth-order valence-electron chi connectivity index (χ4n) is 3.44. The zero-order chi connectivity index (χ0) is 20.1. The topological polar surface area (TPSA) is 68.3 Å². The molecular formula is C23H24N4O2. The Hall–Kier alpha value is -3.30. The third-order valence-electron chi connectivity index (χ3n) is 4.87. The summed E-state index contributed by atoms with van der Waals surface area (Å²) in [6.45, 7) is 4.44. The number of ether oxygens (including phenoxy) is 2. The van der Waals surface area contributed by atoms with Crippen molar-refractivity contribution in [2.45, 2.75) is 25.9 Å². The lowest BCUT2D eigenvalue weighted by Crippen LogP contribution is -2.34. The fourth-order valence-corrected chi connectivity index (χ4v) is 3.44. The quantitative estimate of drug-likeness (QED) is 0.625. The smallest absolute Gasteiger partial charge is 0.163 e. The molecule has 6 heteroatoms. The molecule has 3 aromatic rings. The van der Waals surface area contributed by atoms with Crippen molar-refractivity contribution in [1.82, 2.24) is 15.3 Å². The number of fused-ring (bicyclic) bond motifs is 1. The predicted octanol–water partition coefficient (Wildman–Crippen LogP) is 3.88. The average Bonchev–Trinajstić information content (AvgIpc) is 2.76. The second-order valence-electron chi connectivity index (χ2n) is 6.89. The molecule has 2 aromatic carbocycles. The Morgan fingerprint density at radius 2 is 2.03 bits per heavy atom. The van der Waals surface area contributed by atoms with Gasteiger partial charge in [-0.25, -0.2) is 9.97 Å². The van der Waals surface area contributed by atoms with Crippen LogP contribution < -0.4 is 20.1 Å². The van der Waals surface area contributed by atoms with Gasteiger partial charge in [0.05, 0.1) is 12.1 Å². The van der Waals surface area contributed by atoms with Crippen molar-refractivity contribution in [2.24, 2.45) is 0 Å². The molecule has 0 amide bonds. The summed E-state index contributed by atoms with van der Waals surface area (Å²) in [5, 5.41) is 7.58. The lowest BCUT2D eigenvalue weighted by Gasteiger charge is -2.25. The summed E-state index contributed by atoms with van der Waals surface area (Å²) in [4.78, 5) is 8.86. The second-order valence-corrected chi connectivity index (χ2v) is 6.89. The Morgan fingerprint density at radius 3 is 2.83 bits per heavy atom. The van der Waals surface area contributed by atoms with Crippen LogP contribution in [0.2, 0.25) is 0 Å². The van der Waals surface area contributed by atoms with Gasteiger partial charge in [0, 0.05) is 22.7 Å². The van der Waals surface area contributed by atoms with E-state index in [0.29, 0.717) is 18.2 Å². The molecule has 0 bridgehead atoms. The number of aromatic nitrogens is 2. The molecule has 1 aliphatic heterocycles. The van der Waals surface area contributed by atoms with E-state index in [1.165, 1.54) is 0 Å². The van der Waals surface area contributed by atoms with Crippen molar-refractivity contribution >= 4 is 22.4 Å². The summed E-state index contributed by atoms with van der Waals surface area (Å²) in [6.07, 6.45) is 9.17. The van der Waals surface area contributed by atoms with E-state index in [0.717, 1.165) is 53.8 Å². The molecule has 1 aliphatic rings. The molecule has 2 N–H and O–H groups in total. The van der Waals surface area contributed by atoms with Crippen LogP contribution in [0.5, 0.6) is 11.5 Å². The molecule has 4 rings (SSSR count). The normalized spacial score (nSPS) is 14.3. The molecule has 0 unspecified atom stereocenters. The molecule has 0 radical (unpaired) electrons. The summed E-state index contributed by atoms with van der Waals surface area (Å²) in [6, 6.07) is 11.6. The molecule has 0 saturated carbocycles. The molecule has 0 aliphatic carbocycles. The first-order chi connectivity index (χ1) is 14.3. The number of hydrogen-bond donors (Lipinski definition) is 2. The van der Waals surface area contributed by atoms with Crippen molar-refractivity contribution in [3.8, 4) is 23.8 Å². The summed E-state index contributed by atoms with van der Waals surface area (Å²) in [7, 11) is 0. The molecule has 6 nitrogen and oxygen atoms in total. The van der Waals surface area contributed by atoms with Gasteiger partial charge in [-0.15, -0.1) is 6.42 Å². The minimum absolute atomic E-state index is 0.168. The zero-order valence-electron chi connectivity index (χ0n) is 16.4. The summed E-state index contributed by atoms with van der Waals surface area (Å²) in [5.41, 5.74) is 2.47. The average molecular weight is 388 g/mol. The standard InChI is InChI=1S/C23H24N4O2/c1-3-16-6-5-7-17(12-16)27-23-19-13-22(29-18-8-10-24-11-9-18)21(28-4-2)14-20(19)25-15-26-23/h1,5-7,12-15,18,24H,4,8-11H2,2H3,(H,25,26,27). The molecule has 1 saturated heterocycles. The SMILES string of the molecule is C#Cc1cccc(Nc2ncnc3cc(OCC)c(OC4CCNCC4)cc23)c1. The lowest BCUT2D eigenvalue weighted by atomic mass is 10.1. The van der Waals surface area contributed by atoms with Crippen LogP contribution in [0.3, 0.4) is 0 Å². The molecule has 0 spiro atoms.